The van der Waals surface area contributed by atoms with Gasteiger partial charge in [-0.15, -0.1) is 0 Å². The van der Waals surface area contributed by atoms with Crippen molar-refractivity contribution in [2.45, 2.75) is 6.92 Å². The second kappa shape index (κ2) is 1.20. The van der Waals surface area contributed by atoms with Crippen molar-refractivity contribution in [3.63, 3.8) is 0 Å². The van der Waals surface area contributed by atoms with Crippen LogP contribution in [0.25, 0.3) is 0 Å². The minimum atomic E-state index is 0.856. The molecule has 0 spiro atoms. The van der Waals surface area contributed by atoms with E-state index in [0.717, 1.165) is 5.82 Å². The van der Waals surface area contributed by atoms with Gasteiger partial charge in [-0.25, -0.2) is 0 Å². The Morgan fingerprint density at radius 2 is 2.67 bits per heavy atom. The molecule has 1 aromatic heterocycles. The van der Waals surface area contributed by atoms with E-state index in [2.05, 4.69) is 15.0 Å². The summed E-state index contributed by atoms with van der Waals surface area (Å²) in [6.45, 7) is 1.85. The molecule has 0 amide bonds. The minimum absolute atomic E-state index is 0.856. The van der Waals surface area contributed by atoms with Crippen LogP contribution in [0.1, 0.15) is 5.82 Å². The van der Waals surface area contributed by atoms with E-state index in [1.54, 1.807) is 0 Å². The molecule has 0 aliphatic heterocycles. The van der Waals surface area contributed by atoms with Crippen LogP contribution >= 0.6 is 0 Å². The van der Waals surface area contributed by atoms with E-state index in [4.69, 9.17) is 0 Å². The Morgan fingerprint density at radius 1 is 1.83 bits per heavy atom. The fourth-order valence-electron chi connectivity index (χ4n) is 0.267. The predicted molar refractivity (Wildman–Crippen MR) is 22.5 cm³/mol. The average Bonchev–Trinajstić information content (AvgIpc) is 1.86. The molecule has 0 aromatic carbocycles. The molecule has 1 N–H and O–H groups in total. The van der Waals surface area contributed by atoms with Crippen LogP contribution in [0, 0.1) is 6.92 Å². The number of aromatic amines is 1. The van der Waals surface area contributed by atoms with Crippen molar-refractivity contribution in [3.05, 3.63) is 5.82 Å². The van der Waals surface area contributed by atoms with Gasteiger partial charge in [-0.05, 0) is 0 Å². The Bertz CT molecular complexity index is 112. The van der Waals surface area contributed by atoms with Gasteiger partial charge in [-0.3, -0.25) is 0 Å². The first kappa shape index (κ1) is 3.52. The van der Waals surface area contributed by atoms with Crippen LogP contribution in [0.5, 0.6) is 0 Å². The summed E-state index contributed by atoms with van der Waals surface area (Å²) in [5.74, 6) is 0.856. The zero-order valence-electron chi connectivity index (χ0n) is 3.47. The molecule has 0 atom stereocenters. The number of nitrogens with one attached hydrogen (secondary N) is 1. The van der Waals surface area contributed by atoms with E-state index in [-0.39, 0.29) is 0 Å². The van der Waals surface area contributed by atoms with Crippen molar-refractivity contribution in [3.8, 4) is 0 Å². The molecule has 1 rings (SSSR count). The number of H-pyrrole nitrogens is 1. The van der Waals surface area contributed by atoms with E-state index in [1.165, 1.54) is 7.19 Å². The second-order valence-corrected chi connectivity index (χ2v) is 1.07. The number of aryl methyl sites for hydroxylation is 1. The summed E-state index contributed by atoms with van der Waals surface area (Å²) in [4.78, 5) is 3.75. The molecule has 0 saturated heterocycles. The Kier molecular flexibility index (Phi) is 0.705. The van der Waals surface area contributed by atoms with Crippen LogP contribution < -0.4 is 0 Å². The van der Waals surface area contributed by atoms with Crippen LogP contribution in [0.3, 0.4) is 0 Å². The van der Waals surface area contributed by atoms with Gasteiger partial charge in [0.15, 0.2) is 0 Å². The molecule has 1 aromatic rings. The molecule has 1 heterocycles. The molecular weight excluding hydrogens is 76.9 g/mol. The third-order valence-corrected chi connectivity index (χ3v) is 0.535. The Labute approximate surface area is 36.1 Å². The molecule has 30 valence electrons. The van der Waals surface area contributed by atoms with Crippen molar-refractivity contribution in [1.29, 1.82) is 0 Å². The Balaban J connectivity index is 3.05. The van der Waals surface area contributed by atoms with Crippen LogP contribution in [0.2, 0.25) is 0 Å². The summed E-state index contributed by atoms with van der Waals surface area (Å²) in [7, 11) is 1.48. The number of rotatable bonds is 0. The van der Waals surface area contributed by atoms with E-state index in [1.807, 2.05) is 6.92 Å². The molecule has 6 heavy (non-hydrogen) atoms. The van der Waals surface area contributed by atoms with Crippen LogP contribution in [0.4, 0.5) is 0 Å². The first-order valence-corrected chi connectivity index (χ1v) is 1.71. The summed E-state index contributed by atoms with van der Waals surface area (Å²) in [6, 6.07) is 0. The zero-order chi connectivity index (χ0) is 4.41. The average molecular weight is 80.9 g/mol. The quantitative estimate of drug-likeness (QED) is 0.455. The molecule has 0 aliphatic rings. The van der Waals surface area contributed by atoms with Gasteiger partial charge in [-0.1, -0.05) is 0 Å². The maximum atomic E-state index is 3.75. The summed E-state index contributed by atoms with van der Waals surface area (Å²) in [5.41, 5.74) is 0. The molecule has 3 nitrogen and oxygen atoms in total. The predicted octanol–water partition coefficient (Wildman–Crippen LogP) is -0.549. The number of nitrogens with zero attached hydrogens (tertiary/aromatic N) is 2. The maximum absolute atomic E-state index is 3.75. The summed E-state index contributed by atoms with van der Waals surface area (Å²) in [5, 5.41) is 6.22. The molecule has 0 radical (unpaired) electrons. The van der Waals surface area contributed by atoms with E-state index >= 15 is 0 Å². The fraction of sp³-hybridized carbons (Fsp3) is 0.500. The summed E-state index contributed by atoms with van der Waals surface area (Å²) < 4.78 is 0. The van der Waals surface area contributed by atoms with Gasteiger partial charge in [0.1, 0.15) is 0 Å². The molecule has 4 heteroatoms. The van der Waals surface area contributed by atoms with Crippen molar-refractivity contribution in [1.82, 2.24) is 15.0 Å². The molecule has 0 fully saturated rings. The fourth-order valence-corrected chi connectivity index (χ4v) is 0.267. The molecule has 0 saturated carbocycles. The second-order valence-electron chi connectivity index (χ2n) is 1.07. The van der Waals surface area contributed by atoms with E-state index in [9.17, 15) is 0 Å². The van der Waals surface area contributed by atoms with Gasteiger partial charge in [0.2, 0.25) is 0 Å². The normalized spacial score (nSPS) is 8.17. The first-order chi connectivity index (χ1) is 2.89. The molecule has 0 bridgehead atoms. The van der Waals surface area contributed by atoms with Gasteiger partial charge in [-0.2, -0.15) is 0 Å². The number of hydrogen-bond acceptors (Lipinski definition) is 2. The monoisotopic (exact) mass is 81.0 g/mol. The SMILES string of the molecule is Cc1nbn[nH]1. The third-order valence-electron chi connectivity index (χ3n) is 0.535. The standard InChI is InChI=1S/C2H4BN3/c1-2-4-3-6-5-2/h1H3,(H,4,5). The van der Waals surface area contributed by atoms with Crippen molar-refractivity contribution < 1.29 is 0 Å². The van der Waals surface area contributed by atoms with E-state index < -0.39 is 0 Å². The number of hydrogen-bond donors (Lipinski definition) is 1. The van der Waals surface area contributed by atoms with Crippen LogP contribution in [-0.4, -0.2) is 22.2 Å². The first-order valence-electron chi connectivity index (χ1n) is 1.71. The van der Waals surface area contributed by atoms with Gasteiger partial charge in [0, 0.05) is 0 Å². The van der Waals surface area contributed by atoms with Crippen LogP contribution in [0.15, 0.2) is 0 Å². The molecule has 0 unspecified atom stereocenters. The summed E-state index contributed by atoms with van der Waals surface area (Å²) >= 11 is 0. The van der Waals surface area contributed by atoms with Gasteiger partial charge in [0.05, 0.1) is 0 Å². The third kappa shape index (κ3) is 0.453. The Morgan fingerprint density at radius 3 is 2.83 bits per heavy atom. The van der Waals surface area contributed by atoms with Crippen molar-refractivity contribution >= 4 is 7.19 Å². The van der Waals surface area contributed by atoms with Gasteiger partial charge < -0.3 is 0 Å². The van der Waals surface area contributed by atoms with Crippen molar-refractivity contribution in [2.75, 3.05) is 0 Å². The molecular formula is C2H4BN3. The summed E-state index contributed by atoms with van der Waals surface area (Å²) in [6.07, 6.45) is 0. The van der Waals surface area contributed by atoms with Crippen LogP contribution in [-0.2, 0) is 0 Å². The topological polar surface area (TPSA) is 41.6 Å². The Hall–Kier alpha value is -0.665. The van der Waals surface area contributed by atoms with Gasteiger partial charge >= 0.3 is 34.9 Å². The number of aromatic nitrogens is 3. The van der Waals surface area contributed by atoms with Gasteiger partial charge in [0.25, 0.3) is 0 Å². The van der Waals surface area contributed by atoms with Crippen molar-refractivity contribution in [2.24, 2.45) is 0 Å². The zero-order valence-corrected chi connectivity index (χ0v) is 3.47. The van der Waals surface area contributed by atoms with E-state index in [0.29, 0.717) is 0 Å². The molecule has 0 aliphatic carbocycles.